The quantitative estimate of drug-likeness (QED) is 0.710. The molecule has 7 nitrogen and oxygen atoms in total. The lowest BCUT2D eigenvalue weighted by Crippen LogP contribution is -2.33. The van der Waals surface area contributed by atoms with Crippen LogP contribution in [-0.2, 0) is 6.54 Å². The molecule has 0 aromatic carbocycles. The molecule has 0 spiro atoms. The Labute approximate surface area is 158 Å². The SMILES string of the molecule is Cc1ccc2nnc(C3CCN(Cc4ccnc(C5CCC5)n4)CC3)n2n1. The largest absolute Gasteiger partial charge is 0.297 e. The number of aromatic nitrogens is 6. The second kappa shape index (κ2) is 6.96. The van der Waals surface area contributed by atoms with Gasteiger partial charge in [-0.1, -0.05) is 6.42 Å². The van der Waals surface area contributed by atoms with Crippen molar-refractivity contribution >= 4 is 5.65 Å². The van der Waals surface area contributed by atoms with E-state index in [1.807, 2.05) is 29.8 Å². The van der Waals surface area contributed by atoms with Gasteiger partial charge in [-0.05, 0) is 63.9 Å². The lowest BCUT2D eigenvalue weighted by molar-refractivity contribution is 0.198. The van der Waals surface area contributed by atoms with E-state index in [9.17, 15) is 0 Å². The van der Waals surface area contributed by atoms with Gasteiger partial charge in [0.2, 0.25) is 0 Å². The van der Waals surface area contributed by atoms with Crippen LogP contribution in [0.15, 0.2) is 24.4 Å². The summed E-state index contributed by atoms with van der Waals surface area (Å²) in [4.78, 5) is 11.8. The Morgan fingerprint density at radius 2 is 1.85 bits per heavy atom. The molecular formula is C20H25N7. The maximum atomic E-state index is 4.82. The average Bonchev–Trinajstić information content (AvgIpc) is 3.04. The molecule has 2 fully saturated rings. The van der Waals surface area contributed by atoms with Crippen LogP contribution in [0.2, 0.25) is 0 Å². The second-order valence-corrected chi connectivity index (χ2v) is 7.89. The first-order valence-corrected chi connectivity index (χ1v) is 9.99. The van der Waals surface area contributed by atoms with Gasteiger partial charge in [0.1, 0.15) is 5.82 Å². The molecule has 5 rings (SSSR count). The first-order valence-electron chi connectivity index (χ1n) is 9.99. The van der Waals surface area contributed by atoms with Gasteiger partial charge in [-0.3, -0.25) is 4.90 Å². The Kier molecular flexibility index (Phi) is 4.32. The van der Waals surface area contributed by atoms with E-state index >= 15 is 0 Å². The first-order chi connectivity index (χ1) is 13.3. The Balaban J connectivity index is 1.24. The number of piperidine rings is 1. The van der Waals surface area contributed by atoms with Crippen LogP contribution in [0.4, 0.5) is 0 Å². The van der Waals surface area contributed by atoms with E-state index in [-0.39, 0.29) is 0 Å². The van der Waals surface area contributed by atoms with Gasteiger partial charge in [-0.2, -0.15) is 9.61 Å². The van der Waals surface area contributed by atoms with E-state index < -0.39 is 0 Å². The van der Waals surface area contributed by atoms with E-state index in [2.05, 4.69) is 31.2 Å². The molecule has 0 unspecified atom stereocenters. The molecule has 0 atom stereocenters. The second-order valence-electron chi connectivity index (χ2n) is 7.89. The molecule has 3 aromatic rings. The molecule has 1 saturated carbocycles. The minimum Gasteiger partial charge on any atom is -0.297 e. The third-order valence-corrected chi connectivity index (χ3v) is 5.96. The smallest absolute Gasteiger partial charge is 0.177 e. The van der Waals surface area contributed by atoms with Crippen molar-refractivity contribution in [3.63, 3.8) is 0 Å². The molecule has 1 aliphatic carbocycles. The van der Waals surface area contributed by atoms with Crippen molar-refractivity contribution in [3.05, 3.63) is 47.4 Å². The Hall–Kier alpha value is -2.41. The third kappa shape index (κ3) is 3.32. The van der Waals surface area contributed by atoms with Crippen LogP contribution < -0.4 is 0 Å². The molecule has 27 heavy (non-hydrogen) atoms. The summed E-state index contributed by atoms with van der Waals surface area (Å²) in [6, 6.07) is 6.03. The van der Waals surface area contributed by atoms with Crippen molar-refractivity contribution in [2.45, 2.75) is 57.4 Å². The highest BCUT2D eigenvalue weighted by Gasteiger charge is 2.26. The fraction of sp³-hybridized carbons (Fsp3) is 0.550. The zero-order valence-electron chi connectivity index (χ0n) is 15.8. The van der Waals surface area contributed by atoms with Crippen LogP contribution in [0.3, 0.4) is 0 Å². The minimum atomic E-state index is 0.418. The summed E-state index contributed by atoms with van der Waals surface area (Å²) in [6.45, 7) is 5.01. The summed E-state index contributed by atoms with van der Waals surface area (Å²) >= 11 is 0. The van der Waals surface area contributed by atoms with Gasteiger partial charge in [0.15, 0.2) is 11.5 Å². The van der Waals surface area contributed by atoms with Crippen molar-refractivity contribution in [2.24, 2.45) is 0 Å². The molecule has 0 radical (unpaired) electrons. The van der Waals surface area contributed by atoms with Gasteiger partial charge in [0, 0.05) is 24.6 Å². The molecule has 2 aliphatic rings. The van der Waals surface area contributed by atoms with Crippen LogP contribution in [0, 0.1) is 6.92 Å². The summed E-state index contributed by atoms with van der Waals surface area (Å²) in [6.07, 6.45) is 7.90. The normalized spacial score (nSPS) is 19.4. The molecule has 7 heteroatoms. The van der Waals surface area contributed by atoms with Crippen LogP contribution in [0.25, 0.3) is 5.65 Å². The molecule has 140 valence electrons. The van der Waals surface area contributed by atoms with Crippen LogP contribution >= 0.6 is 0 Å². The number of nitrogens with zero attached hydrogens (tertiary/aromatic N) is 7. The van der Waals surface area contributed by atoms with E-state index in [0.717, 1.165) is 61.2 Å². The number of likely N-dealkylation sites (tertiary alicyclic amines) is 1. The maximum absolute atomic E-state index is 4.82. The average molecular weight is 363 g/mol. The van der Waals surface area contributed by atoms with E-state index in [1.54, 1.807) is 0 Å². The number of hydrogen-bond acceptors (Lipinski definition) is 6. The summed E-state index contributed by atoms with van der Waals surface area (Å²) < 4.78 is 1.92. The molecule has 4 heterocycles. The zero-order valence-corrected chi connectivity index (χ0v) is 15.8. The first kappa shape index (κ1) is 16.7. The Bertz CT molecular complexity index is 938. The lowest BCUT2D eigenvalue weighted by atomic mass is 9.85. The zero-order chi connectivity index (χ0) is 18.2. The van der Waals surface area contributed by atoms with Crippen LogP contribution in [0.1, 0.15) is 67.0 Å². The summed E-state index contributed by atoms with van der Waals surface area (Å²) in [7, 11) is 0. The highest BCUT2D eigenvalue weighted by atomic mass is 15.4. The van der Waals surface area contributed by atoms with Gasteiger partial charge in [-0.25, -0.2) is 9.97 Å². The van der Waals surface area contributed by atoms with Gasteiger partial charge in [0.25, 0.3) is 0 Å². The van der Waals surface area contributed by atoms with Crippen molar-refractivity contribution in [1.29, 1.82) is 0 Å². The highest BCUT2D eigenvalue weighted by molar-refractivity contribution is 5.36. The molecule has 1 saturated heterocycles. The van der Waals surface area contributed by atoms with Gasteiger partial charge in [-0.15, -0.1) is 10.2 Å². The van der Waals surface area contributed by atoms with Gasteiger partial charge in [0.05, 0.1) is 11.4 Å². The molecule has 3 aromatic heterocycles. The molecule has 1 aliphatic heterocycles. The third-order valence-electron chi connectivity index (χ3n) is 5.96. The molecule has 0 N–H and O–H groups in total. The monoisotopic (exact) mass is 363 g/mol. The number of rotatable bonds is 4. The van der Waals surface area contributed by atoms with Crippen LogP contribution in [0.5, 0.6) is 0 Å². The van der Waals surface area contributed by atoms with Crippen molar-refractivity contribution in [1.82, 2.24) is 34.7 Å². The summed E-state index contributed by atoms with van der Waals surface area (Å²) in [5, 5.41) is 13.3. The predicted molar refractivity (Wildman–Crippen MR) is 101 cm³/mol. The standard InChI is InChI=1S/C20H25N7/c1-14-5-6-18-23-24-20(27(18)25-14)16-8-11-26(12-9-16)13-17-7-10-21-19(22-17)15-3-2-4-15/h5-7,10,15-16H,2-4,8-9,11-13H2,1H3. The van der Waals surface area contributed by atoms with E-state index in [1.165, 1.54) is 19.3 Å². The topological polar surface area (TPSA) is 72.1 Å². The van der Waals surface area contributed by atoms with Gasteiger partial charge < -0.3 is 0 Å². The summed E-state index contributed by atoms with van der Waals surface area (Å²) in [5.74, 6) is 3.06. The predicted octanol–water partition coefficient (Wildman–Crippen LogP) is 2.87. The van der Waals surface area contributed by atoms with Crippen molar-refractivity contribution < 1.29 is 0 Å². The molecular weight excluding hydrogens is 338 g/mol. The van der Waals surface area contributed by atoms with E-state index in [0.29, 0.717) is 11.8 Å². The Morgan fingerprint density at radius 1 is 1.00 bits per heavy atom. The fourth-order valence-corrected chi connectivity index (χ4v) is 4.09. The van der Waals surface area contributed by atoms with Crippen molar-refractivity contribution in [3.8, 4) is 0 Å². The van der Waals surface area contributed by atoms with Crippen LogP contribution in [-0.4, -0.2) is 47.8 Å². The van der Waals surface area contributed by atoms with Gasteiger partial charge >= 0.3 is 0 Å². The van der Waals surface area contributed by atoms with Crippen molar-refractivity contribution in [2.75, 3.05) is 13.1 Å². The highest BCUT2D eigenvalue weighted by Crippen LogP contribution is 2.34. The fourth-order valence-electron chi connectivity index (χ4n) is 4.09. The minimum absolute atomic E-state index is 0.418. The maximum Gasteiger partial charge on any atom is 0.177 e. The molecule has 0 bridgehead atoms. The number of hydrogen-bond donors (Lipinski definition) is 0. The number of fused-ring (bicyclic) bond motifs is 1. The molecule has 0 amide bonds. The number of aryl methyl sites for hydroxylation is 1. The van der Waals surface area contributed by atoms with E-state index in [4.69, 9.17) is 4.98 Å². The lowest BCUT2D eigenvalue weighted by Gasteiger charge is -2.31. The summed E-state index contributed by atoms with van der Waals surface area (Å²) in [5.41, 5.74) is 2.98. The Morgan fingerprint density at radius 3 is 2.63 bits per heavy atom.